The number of aliphatic imine (C=N–C) groups is 1. The van der Waals surface area contributed by atoms with Crippen molar-refractivity contribution in [1.29, 1.82) is 5.26 Å². The Hall–Kier alpha value is -3.39. The summed E-state index contributed by atoms with van der Waals surface area (Å²) in [6.07, 6.45) is 8.51. The molecule has 2 aromatic carbocycles. The molecule has 0 fully saturated rings. The van der Waals surface area contributed by atoms with Crippen molar-refractivity contribution in [2.75, 3.05) is 19.6 Å². The van der Waals surface area contributed by atoms with Gasteiger partial charge >= 0.3 is 0 Å². The standard InChI is InChI=1S/C31H38N4O/c1-24-11-15-26(16-12-24)29-30(27-17-13-25(2)14-18-27)35(22-9-19-32)31-28(33-29)10-8-21-34(31)20-6-4-3-5-7-23-36/h11-18,23,30H,3-10,20-22H2,1-2H3. The van der Waals surface area contributed by atoms with Crippen LogP contribution in [0.5, 0.6) is 0 Å². The first-order valence-corrected chi connectivity index (χ1v) is 13.4. The van der Waals surface area contributed by atoms with Crippen LogP contribution in [0.3, 0.4) is 0 Å². The van der Waals surface area contributed by atoms with Crippen LogP contribution in [0.25, 0.3) is 0 Å². The molecule has 0 saturated heterocycles. The molecule has 5 heteroatoms. The maximum Gasteiger partial charge on any atom is 0.127 e. The van der Waals surface area contributed by atoms with Crippen LogP contribution in [0.1, 0.15) is 79.7 Å². The number of rotatable bonds is 11. The third kappa shape index (κ3) is 6.05. The van der Waals surface area contributed by atoms with Crippen molar-refractivity contribution in [3.8, 4) is 6.07 Å². The third-order valence-electron chi connectivity index (χ3n) is 7.20. The highest BCUT2D eigenvalue weighted by molar-refractivity contribution is 6.06. The van der Waals surface area contributed by atoms with Crippen LogP contribution in [-0.2, 0) is 4.79 Å². The number of nitriles is 1. The Labute approximate surface area is 216 Å². The van der Waals surface area contributed by atoms with Crippen molar-refractivity contribution in [2.45, 2.75) is 71.3 Å². The summed E-state index contributed by atoms with van der Waals surface area (Å²) in [5.74, 6) is 1.21. The highest BCUT2D eigenvalue weighted by atomic mass is 16.1. The first-order valence-electron chi connectivity index (χ1n) is 13.4. The molecule has 1 atom stereocenters. The van der Waals surface area contributed by atoms with Crippen molar-refractivity contribution in [1.82, 2.24) is 9.80 Å². The highest BCUT2D eigenvalue weighted by Gasteiger charge is 2.37. The fraction of sp³-hybridized carbons (Fsp3) is 0.452. The van der Waals surface area contributed by atoms with Gasteiger partial charge in [0.05, 0.1) is 29.9 Å². The number of aryl methyl sites for hydroxylation is 2. The molecule has 0 aromatic heterocycles. The number of hydrogen-bond donors (Lipinski definition) is 0. The molecule has 2 aromatic rings. The molecule has 4 rings (SSSR count). The third-order valence-corrected chi connectivity index (χ3v) is 7.20. The first-order chi connectivity index (χ1) is 17.6. The quantitative estimate of drug-likeness (QED) is 0.272. The zero-order valence-corrected chi connectivity index (χ0v) is 21.7. The zero-order valence-electron chi connectivity index (χ0n) is 21.7. The number of carbonyl (C=O) groups excluding carboxylic acids is 1. The van der Waals surface area contributed by atoms with Crippen LogP contribution >= 0.6 is 0 Å². The molecule has 0 spiro atoms. The maximum absolute atomic E-state index is 10.6. The van der Waals surface area contributed by atoms with E-state index in [4.69, 9.17) is 4.99 Å². The highest BCUT2D eigenvalue weighted by Crippen LogP contribution is 2.40. The number of benzene rings is 2. The second-order valence-electron chi connectivity index (χ2n) is 10.0. The summed E-state index contributed by atoms with van der Waals surface area (Å²) >= 11 is 0. The average Bonchev–Trinajstić information content (AvgIpc) is 2.90. The van der Waals surface area contributed by atoms with E-state index in [0.717, 1.165) is 74.9 Å². The molecule has 0 amide bonds. The predicted molar refractivity (Wildman–Crippen MR) is 146 cm³/mol. The second kappa shape index (κ2) is 12.5. The molecule has 0 bridgehead atoms. The van der Waals surface area contributed by atoms with Gasteiger partial charge in [-0.05, 0) is 50.7 Å². The Morgan fingerprint density at radius 1 is 0.972 bits per heavy atom. The van der Waals surface area contributed by atoms with E-state index in [1.165, 1.54) is 22.5 Å². The van der Waals surface area contributed by atoms with Gasteiger partial charge in [-0.2, -0.15) is 5.26 Å². The minimum atomic E-state index is -0.0337. The van der Waals surface area contributed by atoms with Crippen LogP contribution < -0.4 is 0 Å². The fourth-order valence-corrected chi connectivity index (χ4v) is 5.31. The van der Waals surface area contributed by atoms with E-state index < -0.39 is 0 Å². The molecule has 2 heterocycles. The SMILES string of the molecule is Cc1ccc(C2=NC3=C(N(CCCCCCC=O)CCC3)N(CCC#N)C2c2ccc(C)cc2)cc1. The lowest BCUT2D eigenvalue weighted by atomic mass is 9.91. The van der Waals surface area contributed by atoms with Crippen molar-refractivity contribution in [3.05, 3.63) is 82.3 Å². The number of nitrogens with zero attached hydrogens (tertiary/aromatic N) is 4. The van der Waals surface area contributed by atoms with Gasteiger partial charge in [0.15, 0.2) is 0 Å². The van der Waals surface area contributed by atoms with Crippen molar-refractivity contribution in [3.63, 3.8) is 0 Å². The van der Waals surface area contributed by atoms with E-state index in [2.05, 4.69) is 78.2 Å². The van der Waals surface area contributed by atoms with E-state index in [9.17, 15) is 10.1 Å². The minimum absolute atomic E-state index is 0.0337. The predicted octanol–water partition coefficient (Wildman–Crippen LogP) is 6.48. The molecule has 36 heavy (non-hydrogen) atoms. The molecular weight excluding hydrogens is 444 g/mol. The molecule has 188 valence electrons. The van der Waals surface area contributed by atoms with Gasteiger partial charge in [-0.1, -0.05) is 72.5 Å². The summed E-state index contributed by atoms with van der Waals surface area (Å²) < 4.78 is 0. The molecular formula is C31H38N4O. The summed E-state index contributed by atoms with van der Waals surface area (Å²) in [4.78, 5) is 20.9. The molecule has 2 aliphatic heterocycles. The Balaban J connectivity index is 1.72. The normalized spacial score (nSPS) is 17.5. The van der Waals surface area contributed by atoms with E-state index in [-0.39, 0.29) is 6.04 Å². The van der Waals surface area contributed by atoms with Gasteiger partial charge in [-0.25, -0.2) is 0 Å². The topological polar surface area (TPSA) is 59.7 Å². The van der Waals surface area contributed by atoms with Gasteiger partial charge in [0.2, 0.25) is 0 Å². The Morgan fingerprint density at radius 2 is 1.67 bits per heavy atom. The van der Waals surface area contributed by atoms with Gasteiger partial charge in [0.25, 0.3) is 0 Å². The minimum Gasteiger partial charge on any atom is -0.357 e. The van der Waals surface area contributed by atoms with Crippen molar-refractivity contribution < 1.29 is 4.79 Å². The lowest BCUT2D eigenvalue weighted by Gasteiger charge is -2.46. The molecule has 0 radical (unpaired) electrons. The maximum atomic E-state index is 10.6. The summed E-state index contributed by atoms with van der Waals surface area (Å²) in [6.45, 7) is 6.91. The largest absolute Gasteiger partial charge is 0.357 e. The monoisotopic (exact) mass is 482 g/mol. The number of allylic oxidation sites excluding steroid dienone is 1. The Kier molecular flexibility index (Phi) is 8.95. The molecule has 0 saturated carbocycles. The molecule has 2 aliphatic rings. The van der Waals surface area contributed by atoms with Gasteiger partial charge in [0, 0.05) is 26.1 Å². The van der Waals surface area contributed by atoms with Crippen LogP contribution in [-0.4, -0.2) is 41.4 Å². The summed E-state index contributed by atoms with van der Waals surface area (Å²) in [6, 6.07) is 19.8. The first kappa shape index (κ1) is 25.7. The van der Waals surface area contributed by atoms with Gasteiger partial charge in [-0.15, -0.1) is 0 Å². The van der Waals surface area contributed by atoms with Crippen LogP contribution in [0, 0.1) is 25.2 Å². The lowest BCUT2D eigenvalue weighted by Crippen LogP contribution is -2.46. The number of hydrogen-bond acceptors (Lipinski definition) is 5. The molecule has 0 N–H and O–H groups in total. The number of unbranched alkanes of at least 4 members (excludes halogenated alkanes) is 4. The molecule has 0 aliphatic carbocycles. The lowest BCUT2D eigenvalue weighted by molar-refractivity contribution is -0.107. The van der Waals surface area contributed by atoms with Crippen molar-refractivity contribution >= 4 is 12.0 Å². The Morgan fingerprint density at radius 3 is 2.36 bits per heavy atom. The fourth-order valence-electron chi connectivity index (χ4n) is 5.31. The summed E-state index contributed by atoms with van der Waals surface area (Å²) in [7, 11) is 0. The van der Waals surface area contributed by atoms with Gasteiger partial charge in [-0.3, -0.25) is 4.99 Å². The smallest absolute Gasteiger partial charge is 0.127 e. The van der Waals surface area contributed by atoms with E-state index in [1.54, 1.807) is 0 Å². The summed E-state index contributed by atoms with van der Waals surface area (Å²) in [5, 5.41) is 9.55. The molecule has 1 unspecified atom stereocenters. The average molecular weight is 483 g/mol. The van der Waals surface area contributed by atoms with Crippen LogP contribution in [0.2, 0.25) is 0 Å². The number of carbonyl (C=O) groups is 1. The second-order valence-corrected chi connectivity index (χ2v) is 10.0. The van der Waals surface area contributed by atoms with Gasteiger partial charge < -0.3 is 14.6 Å². The Bertz CT molecular complexity index is 1120. The summed E-state index contributed by atoms with van der Waals surface area (Å²) in [5.41, 5.74) is 7.06. The molecule has 5 nitrogen and oxygen atoms in total. The van der Waals surface area contributed by atoms with Gasteiger partial charge in [0.1, 0.15) is 12.1 Å². The van der Waals surface area contributed by atoms with E-state index in [1.807, 2.05) is 0 Å². The van der Waals surface area contributed by atoms with E-state index in [0.29, 0.717) is 19.4 Å². The zero-order chi connectivity index (χ0) is 25.3. The van der Waals surface area contributed by atoms with E-state index >= 15 is 0 Å². The number of aldehydes is 1. The van der Waals surface area contributed by atoms with Crippen LogP contribution in [0.15, 0.2) is 65.0 Å². The van der Waals surface area contributed by atoms with Crippen LogP contribution in [0.4, 0.5) is 0 Å². The van der Waals surface area contributed by atoms with Crippen molar-refractivity contribution in [2.24, 2.45) is 4.99 Å².